The summed E-state index contributed by atoms with van der Waals surface area (Å²) in [4.78, 5) is 15.4. The van der Waals surface area contributed by atoms with E-state index in [2.05, 4.69) is 20.1 Å². The normalized spacial score (nSPS) is 10.3. The summed E-state index contributed by atoms with van der Waals surface area (Å²) in [6.07, 6.45) is 1.24. The number of alkyl halides is 2. The van der Waals surface area contributed by atoms with Crippen LogP contribution in [0.1, 0.15) is 5.82 Å². The van der Waals surface area contributed by atoms with Crippen LogP contribution in [0.25, 0.3) is 0 Å². The van der Waals surface area contributed by atoms with Gasteiger partial charge in [-0.15, -0.1) is 5.10 Å². The Morgan fingerprint density at radius 2 is 2.32 bits per heavy atom. The molecule has 0 spiro atoms. The Morgan fingerprint density at radius 1 is 1.55 bits per heavy atom. The number of rotatable bonds is 5. The molecule has 10 heteroatoms. The molecule has 1 amide bonds. The third kappa shape index (κ3) is 4.13. The van der Waals surface area contributed by atoms with Gasteiger partial charge in [0, 0.05) is 5.69 Å². The zero-order valence-corrected chi connectivity index (χ0v) is 11.6. The first-order valence-electron chi connectivity index (χ1n) is 5.81. The van der Waals surface area contributed by atoms with Gasteiger partial charge in [0.05, 0.1) is 5.02 Å². The van der Waals surface area contributed by atoms with Crippen molar-refractivity contribution in [2.24, 2.45) is 0 Å². The molecule has 0 aliphatic carbocycles. The Balaban J connectivity index is 1.99. The number of hydrogen-bond donors (Lipinski definition) is 1. The van der Waals surface area contributed by atoms with Gasteiger partial charge in [-0.3, -0.25) is 4.79 Å². The molecule has 0 saturated carbocycles. The first kappa shape index (κ1) is 15.7. The van der Waals surface area contributed by atoms with Crippen molar-refractivity contribution in [3.8, 4) is 11.8 Å². The van der Waals surface area contributed by atoms with Crippen molar-refractivity contribution in [1.29, 1.82) is 5.26 Å². The molecule has 1 aromatic carbocycles. The minimum absolute atomic E-state index is 0.0515. The lowest BCUT2D eigenvalue weighted by Gasteiger charge is -2.09. The van der Waals surface area contributed by atoms with Crippen molar-refractivity contribution in [1.82, 2.24) is 14.8 Å². The van der Waals surface area contributed by atoms with Crippen molar-refractivity contribution in [3.05, 3.63) is 35.4 Å². The average Bonchev–Trinajstić information content (AvgIpc) is 2.89. The van der Waals surface area contributed by atoms with Crippen LogP contribution in [-0.2, 0) is 11.3 Å². The van der Waals surface area contributed by atoms with E-state index in [0.29, 0.717) is 5.69 Å². The van der Waals surface area contributed by atoms with Gasteiger partial charge in [-0.1, -0.05) is 11.6 Å². The predicted octanol–water partition coefficient (Wildman–Crippen LogP) is 2.04. The smallest absolute Gasteiger partial charge is 0.387 e. The number of nitriles is 1. The van der Waals surface area contributed by atoms with Crippen molar-refractivity contribution >= 4 is 23.2 Å². The largest absolute Gasteiger partial charge is 0.433 e. The number of ether oxygens (including phenoxy) is 1. The van der Waals surface area contributed by atoms with E-state index in [1.807, 2.05) is 0 Å². The number of hydrogen-bond acceptors (Lipinski definition) is 5. The van der Waals surface area contributed by atoms with Gasteiger partial charge in [0.25, 0.3) is 5.82 Å². The molecular weight excluding hydrogens is 320 g/mol. The molecule has 1 heterocycles. The highest BCUT2D eigenvalue weighted by Gasteiger charge is 2.11. The Hall–Kier alpha value is -2.73. The van der Waals surface area contributed by atoms with Gasteiger partial charge in [0.15, 0.2) is 0 Å². The van der Waals surface area contributed by atoms with Gasteiger partial charge in [0.1, 0.15) is 24.7 Å². The van der Waals surface area contributed by atoms with Crippen LogP contribution >= 0.6 is 11.6 Å². The van der Waals surface area contributed by atoms with Gasteiger partial charge in [-0.2, -0.15) is 14.0 Å². The van der Waals surface area contributed by atoms with Gasteiger partial charge < -0.3 is 10.1 Å². The molecule has 2 aromatic rings. The van der Waals surface area contributed by atoms with Crippen molar-refractivity contribution in [2.45, 2.75) is 13.2 Å². The van der Waals surface area contributed by atoms with Gasteiger partial charge in [0.2, 0.25) is 5.91 Å². The van der Waals surface area contributed by atoms with E-state index in [9.17, 15) is 13.6 Å². The molecule has 0 aliphatic rings. The molecule has 0 saturated heterocycles. The summed E-state index contributed by atoms with van der Waals surface area (Å²) in [6.45, 7) is -3.15. The zero-order chi connectivity index (χ0) is 16.1. The number of anilines is 1. The molecule has 1 aromatic heterocycles. The minimum Gasteiger partial charge on any atom is -0.433 e. The first-order valence-corrected chi connectivity index (χ1v) is 6.19. The summed E-state index contributed by atoms with van der Waals surface area (Å²) >= 11 is 5.77. The second kappa shape index (κ2) is 6.82. The zero-order valence-electron chi connectivity index (χ0n) is 10.8. The number of nitrogens with one attached hydrogen (secondary N) is 1. The summed E-state index contributed by atoms with van der Waals surface area (Å²) in [7, 11) is 0. The second-order valence-corrected chi connectivity index (χ2v) is 4.36. The Morgan fingerprint density at radius 3 is 2.91 bits per heavy atom. The molecule has 0 atom stereocenters. The van der Waals surface area contributed by atoms with E-state index < -0.39 is 12.5 Å². The fourth-order valence-corrected chi connectivity index (χ4v) is 1.76. The van der Waals surface area contributed by atoms with Gasteiger partial charge in [-0.05, 0) is 18.2 Å². The quantitative estimate of drug-likeness (QED) is 0.907. The van der Waals surface area contributed by atoms with E-state index in [1.165, 1.54) is 29.2 Å². The standard InChI is InChI=1S/C12H8ClF2N5O2/c13-8-3-7(1-2-9(8)22-12(14)15)18-11(21)5-20-6-17-10(4-16)19-20/h1-3,6,12H,5H2,(H,18,21). The summed E-state index contributed by atoms with van der Waals surface area (Å²) < 4.78 is 29.6. The number of benzene rings is 1. The molecule has 0 bridgehead atoms. The van der Waals surface area contributed by atoms with Crippen LogP contribution in [0.4, 0.5) is 14.5 Å². The third-order valence-corrected chi connectivity index (χ3v) is 2.67. The first-order chi connectivity index (χ1) is 10.5. The number of nitrogens with zero attached hydrogens (tertiary/aromatic N) is 4. The van der Waals surface area contributed by atoms with Crippen LogP contribution in [0.2, 0.25) is 5.02 Å². The molecule has 7 nitrogen and oxygen atoms in total. The summed E-state index contributed by atoms with van der Waals surface area (Å²) in [5, 5.41) is 14.7. The molecule has 0 unspecified atom stereocenters. The minimum atomic E-state index is -2.99. The fraction of sp³-hybridized carbons (Fsp3) is 0.167. The van der Waals surface area contributed by atoms with Crippen molar-refractivity contribution in [2.75, 3.05) is 5.32 Å². The van der Waals surface area contributed by atoms with Crippen LogP contribution in [0.3, 0.4) is 0 Å². The van der Waals surface area contributed by atoms with Crippen LogP contribution in [0.15, 0.2) is 24.5 Å². The lowest BCUT2D eigenvalue weighted by atomic mass is 10.3. The topological polar surface area (TPSA) is 92.8 Å². The van der Waals surface area contributed by atoms with Crippen LogP contribution in [-0.4, -0.2) is 27.3 Å². The molecule has 0 radical (unpaired) electrons. The SMILES string of the molecule is N#Cc1ncn(CC(=O)Nc2ccc(OC(F)F)c(Cl)c2)n1. The highest BCUT2D eigenvalue weighted by molar-refractivity contribution is 6.32. The molecular formula is C12H8ClF2N5O2. The van der Waals surface area contributed by atoms with E-state index in [-0.39, 0.29) is 23.1 Å². The Bertz CT molecular complexity index is 729. The molecule has 2 rings (SSSR count). The van der Waals surface area contributed by atoms with Gasteiger partial charge in [-0.25, -0.2) is 9.67 Å². The van der Waals surface area contributed by atoms with E-state index in [0.717, 1.165) is 0 Å². The second-order valence-electron chi connectivity index (χ2n) is 3.95. The van der Waals surface area contributed by atoms with Crippen LogP contribution in [0.5, 0.6) is 5.75 Å². The number of aromatic nitrogens is 3. The van der Waals surface area contributed by atoms with Gasteiger partial charge >= 0.3 is 6.61 Å². The molecule has 1 N–H and O–H groups in total. The summed E-state index contributed by atoms with van der Waals surface area (Å²) in [5.74, 6) is -0.693. The molecule has 114 valence electrons. The third-order valence-electron chi connectivity index (χ3n) is 2.37. The maximum atomic E-state index is 12.1. The van der Waals surface area contributed by atoms with E-state index >= 15 is 0 Å². The Labute approximate surface area is 128 Å². The van der Waals surface area contributed by atoms with Crippen molar-refractivity contribution in [3.63, 3.8) is 0 Å². The van der Waals surface area contributed by atoms with Crippen LogP contribution < -0.4 is 10.1 Å². The Kier molecular flexibility index (Phi) is 4.85. The fourth-order valence-electron chi connectivity index (χ4n) is 1.54. The van der Waals surface area contributed by atoms with E-state index in [1.54, 1.807) is 6.07 Å². The molecule has 0 aliphatic heterocycles. The average molecular weight is 328 g/mol. The predicted molar refractivity (Wildman–Crippen MR) is 71.5 cm³/mol. The molecule has 0 fully saturated rings. The maximum absolute atomic E-state index is 12.1. The highest BCUT2D eigenvalue weighted by atomic mass is 35.5. The summed E-state index contributed by atoms with van der Waals surface area (Å²) in [6, 6.07) is 5.59. The van der Waals surface area contributed by atoms with Crippen molar-refractivity contribution < 1.29 is 18.3 Å². The number of halogens is 3. The number of carbonyl (C=O) groups is 1. The summed E-state index contributed by atoms with van der Waals surface area (Å²) in [5.41, 5.74) is 0.303. The number of carbonyl (C=O) groups excluding carboxylic acids is 1. The lowest BCUT2D eigenvalue weighted by molar-refractivity contribution is -0.116. The maximum Gasteiger partial charge on any atom is 0.387 e. The number of amides is 1. The van der Waals surface area contributed by atoms with Crippen LogP contribution in [0, 0.1) is 11.3 Å². The monoisotopic (exact) mass is 327 g/mol. The molecule has 22 heavy (non-hydrogen) atoms. The lowest BCUT2D eigenvalue weighted by Crippen LogP contribution is -2.19. The van der Waals surface area contributed by atoms with E-state index in [4.69, 9.17) is 16.9 Å². The highest BCUT2D eigenvalue weighted by Crippen LogP contribution is 2.28.